The fourth-order valence-electron chi connectivity index (χ4n) is 1.09. The molecule has 0 unspecified atom stereocenters. The molecule has 16 heavy (non-hydrogen) atoms. The summed E-state index contributed by atoms with van der Waals surface area (Å²) in [6.45, 7) is 1.32. The van der Waals surface area contributed by atoms with Crippen molar-refractivity contribution < 1.29 is 19.1 Å². The maximum absolute atomic E-state index is 10.9. The lowest BCUT2D eigenvalue weighted by atomic mass is 10.2. The molecule has 0 N–H and O–H groups in total. The van der Waals surface area contributed by atoms with E-state index in [1.807, 2.05) is 0 Å². The molecule has 0 fully saturated rings. The van der Waals surface area contributed by atoms with E-state index in [1.165, 1.54) is 26.2 Å². The topological polar surface area (TPSA) is 52.6 Å². The number of rotatable bonds is 3. The van der Waals surface area contributed by atoms with Crippen molar-refractivity contribution in [2.24, 2.45) is 0 Å². The van der Waals surface area contributed by atoms with Crippen molar-refractivity contribution in [1.29, 1.82) is 0 Å². The zero-order valence-corrected chi connectivity index (χ0v) is 9.10. The van der Waals surface area contributed by atoms with E-state index in [4.69, 9.17) is 4.74 Å². The van der Waals surface area contributed by atoms with E-state index in [0.29, 0.717) is 11.3 Å². The number of ether oxygens (including phenoxy) is 2. The van der Waals surface area contributed by atoms with E-state index in [2.05, 4.69) is 4.74 Å². The molecule has 0 spiro atoms. The number of hydrogen-bond acceptors (Lipinski definition) is 4. The van der Waals surface area contributed by atoms with Crippen LogP contribution in [-0.2, 0) is 14.3 Å². The number of methoxy groups -OCH3 is 1. The molecule has 4 heteroatoms. The zero-order chi connectivity index (χ0) is 12.0. The van der Waals surface area contributed by atoms with Crippen molar-refractivity contribution >= 4 is 18.0 Å². The molecule has 1 aromatic rings. The van der Waals surface area contributed by atoms with E-state index in [1.54, 1.807) is 24.3 Å². The maximum Gasteiger partial charge on any atom is 0.330 e. The van der Waals surface area contributed by atoms with Crippen LogP contribution in [0.5, 0.6) is 5.75 Å². The molecule has 0 heterocycles. The van der Waals surface area contributed by atoms with Crippen LogP contribution in [0.3, 0.4) is 0 Å². The van der Waals surface area contributed by atoms with Crippen molar-refractivity contribution in [3.8, 4) is 5.75 Å². The average molecular weight is 220 g/mol. The molecular formula is C12H12O4. The first-order chi connectivity index (χ1) is 7.63. The van der Waals surface area contributed by atoms with Crippen molar-refractivity contribution in [1.82, 2.24) is 0 Å². The third kappa shape index (κ3) is 3.57. The number of esters is 2. The number of hydrogen-bond donors (Lipinski definition) is 0. The van der Waals surface area contributed by atoms with Gasteiger partial charge in [-0.1, -0.05) is 18.2 Å². The highest BCUT2D eigenvalue weighted by Gasteiger charge is 2.02. The second kappa shape index (κ2) is 5.70. The van der Waals surface area contributed by atoms with Gasteiger partial charge in [0.05, 0.1) is 7.11 Å². The van der Waals surface area contributed by atoms with E-state index >= 15 is 0 Å². The van der Waals surface area contributed by atoms with Gasteiger partial charge in [-0.3, -0.25) is 4.79 Å². The highest BCUT2D eigenvalue weighted by molar-refractivity contribution is 5.87. The molecule has 0 atom stereocenters. The van der Waals surface area contributed by atoms with Gasteiger partial charge in [0.1, 0.15) is 5.75 Å². The zero-order valence-electron chi connectivity index (χ0n) is 9.10. The predicted molar refractivity (Wildman–Crippen MR) is 58.8 cm³/mol. The quantitative estimate of drug-likeness (QED) is 0.443. The standard InChI is InChI=1S/C12H12O4/c1-9(13)16-11-6-4-3-5-10(11)7-8-12(14)15-2/h3-8H,1-2H3/b8-7-. The number of carbonyl (C=O) groups excluding carboxylic acids is 2. The molecule has 0 aromatic heterocycles. The van der Waals surface area contributed by atoms with E-state index < -0.39 is 11.9 Å². The third-order valence-corrected chi connectivity index (χ3v) is 1.77. The van der Waals surface area contributed by atoms with Crippen LogP contribution in [0.25, 0.3) is 6.08 Å². The van der Waals surface area contributed by atoms with Crippen LogP contribution in [0.1, 0.15) is 12.5 Å². The lowest BCUT2D eigenvalue weighted by molar-refractivity contribution is -0.135. The first-order valence-electron chi connectivity index (χ1n) is 4.67. The predicted octanol–water partition coefficient (Wildman–Crippen LogP) is 1.80. The van der Waals surface area contributed by atoms with E-state index in [9.17, 15) is 9.59 Å². The van der Waals surface area contributed by atoms with Crippen molar-refractivity contribution in [3.63, 3.8) is 0 Å². The Kier molecular flexibility index (Phi) is 4.27. The molecule has 0 amide bonds. The van der Waals surface area contributed by atoms with Gasteiger partial charge < -0.3 is 9.47 Å². The Balaban J connectivity index is 2.90. The second-order valence-electron chi connectivity index (χ2n) is 2.99. The minimum Gasteiger partial charge on any atom is -0.466 e. The summed E-state index contributed by atoms with van der Waals surface area (Å²) in [7, 11) is 1.30. The molecule has 0 aliphatic heterocycles. The molecule has 0 bridgehead atoms. The van der Waals surface area contributed by atoms with Crippen LogP contribution < -0.4 is 4.74 Å². The molecule has 0 radical (unpaired) electrons. The van der Waals surface area contributed by atoms with Crippen LogP contribution in [0.2, 0.25) is 0 Å². The first-order valence-corrected chi connectivity index (χ1v) is 4.67. The molecule has 4 nitrogen and oxygen atoms in total. The van der Waals surface area contributed by atoms with Gasteiger partial charge in [0.15, 0.2) is 0 Å². The van der Waals surface area contributed by atoms with E-state index in [-0.39, 0.29) is 0 Å². The Morgan fingerprint density at radius 2 is 1.94 bits per heavy atom. The normalized spacial score (nSPS) is 10.1. The van der Waals surface area contributed by atoms with Crippen LogP contribution in [-0.4, -0.2) is 19.0 Å². The van der Waals surface area contributed by atoms with Gasteiger partial charge in [0.25, 0.3) is 0 Å². The molecular weight excluding hydrogens is 208 g/mol. The summed E-state index contributed by atoms with van der Waals surface area (Å²) in [6.07, 6.45) is 2.80. The van der Waals surface area contributed by atoms with Crippen molar-refractivity contribution in [2.75, 3.05) is 7.11 Å². The van der Waals surface area contributed by atoms with Gasteiger partial charge in [-0.2, -0.15) is 0 Å². The maximum atomic E-state index is 10.9. The summed E-state index contributed by atoms with van der Waals surface area (Å²) in [5.74, 6) is -0.452. The van der Waals surface area contributed by atoms with Gasteiger partial charge >= 0.3 is 11.9 Å². The minimum atomic E-state index is -0.461. The molecule has 0 aliphatic carbocycles. The first kappa shape index (κ1) is 12.0. The van der Waals surface area contributed by atoms with Crippen LogP contribution >= 0.6 is 0 Å². The highest BCUT2D eigenvalue weighted by Crippen LogP contribution is 2.19. The van der Waals surface area contributed by atoms with Gasteiger partial charge in [-0.25, -0.2) is 4.79 Å². The average Bonchev–Trinajstić information content (AvgIpc) is 2.26. The van der Waals surface area contributed by atoms with Crippen LogP contribution in [0.4, 0.5) is 0 Å². The fourth-order valence-corrected chi connectivity index (χ4v) is 1.09. The largest absolute Gasteiger partial charge is 0.466 e. The number of para-hydroxylation sites is 1. The second-order valence-corrected chi connectivity index (χ2v) is 2.99. The van der Waals surface area contributed by atoms with Crippen molar-refractivity contribution in [2.45, 2.75) is 6.92 Å². The van der Waals surface area contributed by atoms with Crippen LogP contribution in [0, 0.1) is 0 Å². The molecule has 0 saturated carbocycles. The van der Waals surface area contributed by atoms with Crippen LogP contribution in [0.15, 0.2) is 30.3 Å². The molecule has 84 valence electrons. The Labute approximate surface area is 93.5 Å². The summed E-state index contributed by atoms with van der Waals surface area (Å²) in [6, 6.07) is 6.91. The minimum absolute atomic E-state index is 0.404. The number of benzene rings is 1. The molecule has 0 aliphatic rings. The summed E-state index contributed by atoms with van der Waals surface area (Å²) in [5, 5.41) is 0. The van der Waals surface area contributed by atoms with Crippen molar-refractivity contribution in [3.05, 3.63) is 35.9 Å². The Morgan fingerprint density at radius 1 is 1.25 bits per heavy atom. The summed E-state index contributed by atoms with van der Waals surface area (Å²) in [5.41, 5.74) is 0.642. The molecule has 1 aromatic carbocycles. The Bertz CT molecular complexity index is 421. The Morgan fingerprint density at radius 3 is 2.56 bits per heavy atom. The number of carbonyl (C=O) groups is 2. The van der Waals surface area contributed by atoms with E-state index in [0.717, 1.165) is 0 Å². The monoisotopic (exact) mass is 220 g/mol. The third-order valence-electron chi connectivity index (χ3n) is 1.77. The summed E-state index contributed by atoms with van der Waals surface area (Å²) in [4.78, 5) is 21.7. The lowest BCUT2D eigenvalue weighted by Gasteiger charge is -2.04. The highest BCUT2D eigenvalue weighted by atomic mass is 16.5. The lowest BCUT2D eigenvalue weighted by Crippen LogP contribution is -2.02. The van der Waals surface area contributed by atoms with Gasteiger partial charge in [-0.15, -0.1) is 0 Å². The summed E-state index contributed by atoms with van der Waals surface area (Å²) >= 11 is 0. The SMILES string of the molecule is COC(=O)/C=C\c1ccccc1OC(C)=O. The van der Waals surface area contributed by atoms with Gasteiger partial charge in [0.2, 0.25) is 0 Å². The fraction of sp³-hybridized carbons (Fsp3) is 0.167. The smallest absolute Gasteiger partial charge is 0.330 e. The molecule has 1 rings (SSSR count). The van der Waals surface area contributed by atoms with Gasteiger partial charge in [-0.05, 0) is 12.1 Å². The van der Waals surface area contributed by atoms with Gasteiger partial charge in [0, 0.05) is 18.6 Å². The summed E-state index contributed by atoms with van der Waals surface area (Å²) < 4.78 is 9.43. The molecule has 0 saturated heterocycles. The Hall–Kier alpha value is -2.10.